The molecule has 4 nitrogen and oxygen atoms in total. The van der Waals surface area contributed by atoms with Gasteiger partial charge in [0, 0.05) is 24.4 Å². The summed E-state index contributed by atoms with van der Waals surface area (Å²) in [6, 6.07) is 9.96. The van der Waals surface area contributed by atoms with E-state index in [1.165, 1.54) is 6.07 Å². The number of benzene rings is 2. The lowest BCUT2D eigenvalue weighted by molar-refractivity contribution is 0.0970. The fraction of sp³-hybridized carbons (Fsp3) is 0.111. The van der Waals surface area contributed by atoms with Crippen molar-refractivity contribution in [1.29, 1.82) is 5.41 Å². The van der Waals surface area contributed by atoms with Crippen molar-refractivity contribution >= 4 is 52.2 Å². The summed E-state index contributed by atoms with van der Waals surface area (Å²) in [6.07, 6.45) is 1.73. The average Bonchev–Trinajstić information content (AvgIpc) is 2.88. The van der Waals surface area contributed by atoms with Gasteiger partial charge in [0.2, 0.25) is 5.62 Å². The van der Waals surface area contributed by atoms with Gasteiger partial charge in [0.1, 0.15) is 0 Å². The van der Waals surface area contributed by atoms with Gasteiger partial charge in [-0.05, 0) is 30.3 Å². The zero-order chi connectivity index (χ0) is 19.0. The van der Waals surface area contributed by atoms with E-state index in [1.54, 1.807) is 46.6 Å². The molecule has 0 amide bonds. The number of Topliss-reactive ketones (excluding diaryl/α,β-unsaturated/α-hetero) is 1. The molecule has 3 aromatic rings. The Morgan fingerprint density at radius 1 is 0.962 bits per heavy atom. The maximum absolute atomic E-state index is 12.5. The topological polar surface area (TPSA) is 50.8 Å². The number of ketones is 1. The number of imidazole rings is 1. The third-order valence-electron chi connectivity index (χ3n) is 4.00. The number of hydrogen-bond donors (Lipinski definition) is 1. The Bertz CT molecular complexity index is 1070. The van der Waals surface area contributed by atoms with Crippen LogP contribution >= 0.6 is 46.4 Å². The quantitative estimate of drug-likeness (QED) is 0.550. The molecule has 0 aliphatic heterocycles. The van der Waals surface area contributed by atoms with Crippen LogP contribution in [0.25, 0.3) is 11.3 Å². The van der Waals surface area contributed by atoms with Crippen molar-refractivity contribution in [2.75, 3.05) is 0 Å². The standard InChI is InChI=1S/C18H13Cl4N3O/c1-24-16(10-2-4-12(19)14(21)6-10)8-25(18(24)23)9-17(26)11-3-5-13(20)15(22)7-11/h2-8,23H,9H2,1H3. The molecule has 1 heterocycles. The number of hydrogen-bond acceptors (Lipinski definition) is 2. The molecular formula is C18H13Cl4N3O. The van der Waals surface area contributed by atoms with Gasteiger partial charge in [0.25, 0.3) is 0 Å². The van der Waals surface area contributed by atoms with Crippen LogP contribution in [-0.2, 0) is 13.6 Å². The summed E-state index contributed by atoms with van der Waals surface area (Å²) >= 11 is 23.9. The Balaban J connectivity index is 1.94. The van der Waals surface area contributed by atoms with Gasteiger partial charge in [-0.15, -0.1) is 0 Å². The van der Waals surface area contributed by atoms with Crippen LogP contribution in [0.5, 0.6) is 0 Å². The summed E-state index contributed by atoms with van der Waals surface area (Å²) < 4.78 is 3.23. The number of carbonyl (C=O) groups excluding carboxylic acids is 1. The molecule has 0 fully saturated rings. The predicted octanol–water partition coefficient (Wildman–Crippen LogP) is 5.47. The van der Waals surface area contributed by atoms with E-state index in [-0.39, 0.29) is 17.9 Å². The van der Waals surface area contributed by atoms with E-state index in [9.17, 15) is 4.79 Å². The van der Waals surface area contributed by atoms with Crippen molar-refractivity contribution in [2.24, 2.45) is 7.05 Å². The van der Waals surface area contributed by atoms with Crippen molar-refractivity contribution < 1.29 is 4.79 Å². The number of aromatic nitrogens is 2. The number of carbonyl (C=O) groups is 1. The molecule has 0 unspecified atom stereocenters. The van der Waals surface area contributed by atoms with Crippen LogP contribution in [-0.4, -0.2) is 14.9 Å². The Labute approximate surface area is 170 Å². The molecule has 8 heteroatoms. The highest BCUT2D eigenvalue weighted by molar-refractivity contribution is 6.42. The lowest BCUT2D eigenvalue weighted by Gasteiger charge is -2.04. The van der Waals surface area contributed by atoms with Gasteiger partial charge in [-0.1, -0.05) is 52.5 Å². The first kappa shape index (κ1) is 19.1. The van der Waals surface area contributed by atoms with E-state index in [4.69, 9.17) is 51.8 Å². The third kappa shape index (κ3) is 3.69. The smallest absolute Gasteiger partial charge is 0.202 e. The molecule has 1 aromatic heterocycles. The molecule has 1 N–H and O–H groups in total. The maximum Gasteiger partial charge on any atom is 0.202 e. The number of halogens is 4. The van der Waals surface area contributed by atoms with Crippen molar-refractivity contribution in [1.82, 2.24) is 9.13 Å². The van der Waals surface area contributed by atoms with Crippen molar-refractivity contribution in [3.05, 3.63) is 73.9 Å². The van der Waals surface area contributed by atoms with Gasteiger partial charge in [0.15, 0.2) is 5.78 Å². The molecule has 0 saturated heterocycles. The van der Waals surface area contributed by atoms with Crippen molar-refractivity contribution in [3.8, 4) is 11.3 Å². The number of nitrogens with zero attached hydrogens (tertiary/aromatic N) is 2. The molecule has 2 aromatic carbocycles. The van der Waals surface area contributed by atoms with Crippen LogP contribution in [0.4, 0.5) is 0 Å². The minimum atomic E-state index is -0.173. The minimum absolute atomic E-state index is 0.00591. The predicted molar refractivity (Wildman–Crippen MR) is 106 cm³/mol. The van der Waals surface area contributed by atoms with E-state index in [0.717, 1.165) is 11.3 Å². The summed E-state index contributed by atoms with van der Waals surface area (Å²) in [5, 5.41) is 9.85. The molecule has 0 aliphatic carbocycles. The zero-order valence-corrected chi connectivity index (χ0v) is 16.6. The Kier molecular flexibility index (Phi) is 5.49. The molecule has 0 spiro atoms. The van der Waals surface area contributed by atoms with Crippen LogP contribution in [0.15, 0.2) is 42.6 Å². The van der Waals surface area contributed by atoms with Gasteiger partial charge in [-0.25, -0.2) is 0 Å². The van der Waals surface area contributed by atoms with Crippen LogP contribution in [0, 0.1) is 5.41 Å². The van der Waals surface area contributed by atoms with Crippen molar-refractivity contribution in [2.45, 2.75) is 6.54 Å². The zero-order valence-electron chi connectivity index (χ0n) is 13.6. The fourth-order valence-electron chi connectivity index (χ4n) is 2.56. The first-order valence-electron chi connectivity index (χ1n) is 7.52. The van der Waals surface area contributed by atoms with Gasteiger partial charge in [0.05, 0.1) is 32.3 Å². The molecule has 134 valence electrons. The summed E-state index contributed by atoms with van der Waals surface area (Å²) in [5.41, 5.74) is 2.16. The second-order valence-electron chi connectivity index (χ2n) is 5.71. The van der Waals surface area contributed by atoms with E-state index in [0.29, 0.717) is 25.7 Å². The Hall–Kier alpha value is -1.72. The maximum atomic E-state index is 12.5. The molecule has 0 bridgehead atoms. The molecule has 26 heavy (non-hydrogen) atoms. The second-order valence-corrected chi connectivity index (χ2v) is 7.33. The van der Waals surface area contributed by atoms with Crippen molar-refractivity contribution in [3.63, 3.8) is 0 Å². The van der Waals surface area contributed by atoms with Gasteiger partial charge in [-0.2, -0.15) is 0 Å². The number of nitrogens with one attached hydrogen (secondary N) is 1. The van der Waals surface area contributed by atoms with E-state index >= 15 is 0 Å². The lowest BCUT2D eigenvalue weighted by atomic mass is 10.1. The highest BCUT2D eigenvalue weighted by atomic mass is 35.5. The first-order chi connectivity index (χ1) is 12.3. The first-order valence-corrected chi connectivity index (χ1v) is 9.03. The summed E-state index contributed by atoms with van der Waals surface area (Å²) in [4.78, 5) is 12.5. The SMILES string of the molecule is Cn1c(-c2ccc(Cl)c(Cl)c2)cn(CC(=O)c2ccc(Cl)c(Cl)c2)c1=N. The molecule has 0 atom stereocenters. The Morgan fingerprint density at radius 3 is 2.19 bits per heavy atom. The van der Waals surface area contributed by atoms with Crippen LogP contribution in [0.2, 0.25) is 20.1 Å². The van der Waals surface area contributed by atoms with Crippen LogP contribution < -0.4 is 5.62 Å². The van der Waals surface area contributed by atoms with Gasteiger partial charge in [-0.3, -0.25) is 10.2 Å². The molecule has 3 rings (SSSR count). The van der Waals surface area contributed by atoms with E-state index < -0.39 is 0 Å². The summed E-state index contributed by atoms with van der Waals surface area (Å²) in [7, 11) is 1.75. The van der Waals surface area contributed by atoms with Gasteiger partial charge >= 0.3 is 0 Å². The molecular weight excluding hydrogens is 416 g/mol. The lowest BCUT2D eigenvalue weighted by Crippen LogP contribution is -2.25. The average molecular weight is 429 g/mol. The summed E-state index contributed by atoms with van der Waals surface area (Å²) in [6.45, 7) is 0.00591. The number of rotatable bonds is 4. The van der Waals surface area contributed by atoms with Crippen LogP contribution in [0.1, 0.15) is 10.4 Å². The fourth-order valence-corrected chi connectivity index (χ4v) is 3.16. The van der Waals surface area contributed by atoms with Crippen LogP contribution in [0.3, 0.4) is 0 Å². The largest absolute Gasteiger partial charge is 0.314 e. The molecule has 0 aliphatic rings. The van der Waals surface area contributed by atoms with E-state index in [2.05, 4.69) is 0 Å². The second kappa shape index (κ2) is 7.49. The summed E-state index contributed by atoms with van der Waals surface area (Å²) in [5.74, 6) is -0.173. The highest BCUT2D eigenvalue weighted by Gasteiger charge is 2.14. The monoisotopic (exact) mass is 427 g/mol. The third-order valence-corrected chi connectivity index (χ3v) is 5.48. The van der Waals surface area contributed by atoms with Gasteiger partial charge < -0.3 is 9.13 Å². The normalized spacial score (nSPS) is 11.0. The molecule has 0 saturated carbocycles. The molecule has 0 radical (unpaired) electrons. The minimum Gasteiger partial charge on any atom is -0.314 e. The Morgan fingerprint density at radius 2 is 1.58 bits per heavy atom. The van der Waals surface area contributed by atoms with E-state index in [1.807, 2.05) is 6.07 Å². The highest BCUT2D eigenvalue weighted by Crippen LogP contribution is 2.28.